The van der Waals surface area contributed by atoms with Crippen LogP contribution in [0.5, 0.6) is 0 Å². The molecule has 0 saturated carbocycles. The lowest BCUT2D eigenvalue weighted by Crippen LogP contribution is -2.26. The van der Waals surface area contributed by atoms with Crippen LogP contribution >= 0.6 is 15.9 Å². The molecule has 0 bridgehead atoms. The first-order chi connectivity index (χ1) is 14.6. The molecule has 0 aliphatic heterocycles. The highest BCUT2D eigenvalue weighted by molar-refractivity contribution is 9.10. The molecular weight excluding hydrogens is 444 g/mol. The van der Waals surface area contributed by atoms with E-state index in [0.29, 0.717) is 17.1 Å². The maximum absolute atomic E-state index is 12.7. The number of anilines is 1. The number of imidazole rings is 1. The van der Waals surface area contributed by atoms with Crippen LogP contribution in [0.25, 0.3) is 11.0 Å². The lowest BCUT2D eigenvalue weighted by atomic mass is 10.2. The van der Waals surface area contributed by atoms with E-state index in [0.717, 1.165) is 15.5 Å². The molecule has 0 aliphatic carbocycles. The number of amides is 2. The third-order valence-electron chi connectivity index (χ3n) is 4.59. The number of rotatable bonds is 6. The van der Waals surface area contributed by atoms with Crippen molar-refractivity contribution in [1.29, 1.82) is 0 Å². The third kappa shape index (κ3) is 4.58. The number of carbonyl (C=O) groups excluding carboxylic acids is 2. The molecule has 4 rings (SSSR count). The van der Waals surface area contributed by atoms with Crippen LogP contribution < -0.4 is 10.6 Å². The van der Waals surface area contributed by atoms with Crippen LogP contribution in [-0.4, -0.2) is 21.4 Å². The van der Waals surface area contributed by atoms with Gasteiger partial charge in [-0.05, 0) is 42.5 Å². The predicted molar refractivity (Wildman–Crippen MR) is 120 cm³/mol. The van der Waals surface area contributed by atoms with Crippen molar-refractivity contribution in [1.82, 2.24) is 14.9 Å². The minimum Gasteiger partial charge on any atom is -0.345 e. The first-order valence-electron chi connectivity index (χ1n) is 9.43. The van der Waals surface area contributed by atoms with Crippen molar-refractivity contribution in [2.45, 2.75) is 13.1 Å². The number of carbonyl (C=O) groups is 2. The van der Waals surface area contributed by atoms with Crippen molar-refractivity contribution in [3.63, 3.8) is 0 Å². The summed E-state index contributed by atoms with van der Waals surface area (Å²) in [6, 6.07) is 24.0. The van der Waals surface area contributed by atoms with E-state index in [1.165, 1.54) is 0 Å². The lowest BCUT2D eigenvalue weighted by Gasteiger charge is -2.11. The van der Waals surface area contributed by atoms with Gasteiger partial charge in [0, 0.05) is 15.7 Å². The minimum atomic E-state index is -0.187. The zero-order valence-corrected chi connectivity index (χ0v) is 17.6. The molecule has 3 aromatic carbocycles. The van der Waals surface area contributed by atoms with Gasteiger partial charge in [0.25, 0.3) is 5.91 Å². The monoisotopic (exact) mass is 462 g/mol. The zero-order valence-electron chi connectivity index (χ0n) is 16.0. The number of hydrogen-bond donors (Lipinski definition) is 2. The summed E-state index contributed by atoms with van der Waals surface area (Å²) in [5, 5.41) is 5.79. The molecule has 150 valence electrons. The SMILES string of the molecule is O=C(Cn1c(CNC(=O)c2ccccc2)nc2ccccc21)Nc1cccc(Br)c1. The van der Waals surface area contributed by atoms with Gasteiger partial charge in [0.1, 0.15) is 12.4 Å². The Morgan fingerprint density at radius 1 is 0.933 bits per heavy atom. The molecule has 0 radical (unpaired) electrons. The quantitative estimate of drug-likeness (QED) is 0.446. The first kappa shape index (κ1) is 19.8. The van der Waals surface area contributed by atoms with E-state index in [1.807, 2.05) is 71.3 Å². The standard InChI is InChI=1S/C23H19BrN4O2/c24-17-9-6-10-18(13-17)26-22(29)15-28-20-12-5-4-11-19(20)27-21(28)14-25-23(30)16-7-2-1-3-8-16/h1-13H,14-15H2,(H,25,30)(H,26,29). The van der Waals surface area contributed by atoms with Crippen LogP contribution in [0.4, 0.5) is 5.69 Å². The van der Waals surface area contributed by atoms with Crippen LogP contribution in [0.2, 0.25) is 0 Å². The third-order valence-corrected chi connectivity index (χ3v) is 5.08. The molecule has 1 heterocycles. The van der Waals surface area contributed by atoms with Crippen molar-refractivity contribution < 1.29 is 9.59 Å². The summed E-state index contributed by atoms with van der Waals surface area (Å²) < 4.78 is 2.71. The number of halogens is 1. The van der Waals surface area contributed by atoms with Crippen LogP contribution in [0.15, 0.2) is 83.3 Å². The van der Waals surface area contributed by atoms with Gasteiger partial charge in [0.05, 0.1) is 17.6 Å². The molecule has 2 amide bonds. The van der Waals surface area contributed by atoms with E-state index < -0.39 is 0 Å². The van der Waals surface area contributed by atoms with Crippen molar-refractivity contribution >= 4 is 44.5 Å². The molecule has 4 aromatic rings. The molecule has 0 aliphatic rings. The Morgan fingerprint density at radius 3 is 2.50 bits per heavy atom. The summed E-state index contributed by atoms with van der Waals surface area (Å²) >= 11 is 3.40. The molecule has 0 fully saturated rings. The highest BCUT2D eigenvalue weighted by Gasteiger charge is 2.15. The summed E-state index contributed by atoms with van der Waals surface area (Å²) in [5.74, 6) is 0.254. The molecule has 30 heavy (non-hydrogen) atoms. The Labute approximate surface area is 182 Å². The molecular formula is C23H19BrN4O2. The van der Waals surface area contributed by atoms with Gasteiger partial charge in [-0.3, -0.25) is 9.59 Å². The number of para-hydroxylation sites is 2. The summed E-state index contributed by atoms with van der Waals surface area (Å²) in [6.45, 7) is 0.302. The number of nitrogens with one attached hydrogen (secondary N) is 2. The maximum atomic E-state index is 12.7. The van der Waals surface area contributed by atoms with Gasteiger partial charge in [-0.15, -0.1) is 0 Å². The summed E-state index contributed by atoms with van der Waals surface area (Å²) in [5.41, 5.74) is 2.90. The van der Waals surface area contributed by atoms with Crippen molar-refractivity contribution in [3.8, 4) is 0 Å². The van der Waals surface area contributed by atoms with Crippen LogP contribution in [-0.2, 0) is 17.9 Å². The van der Waals surface area contributed by atoms with Gasteiger partial charge in [0.15, 0.2) is 0 Å². The number of benzene rings is 3. The highest BCUT2D eigenvalue weighted by Crippen LogP contribution is 2.18. The van der Waals surface area contributed by atoms with Crippen molar-refractivity contribution in [3.05, 3.63) is 94.7 Å². The van der Waals surface area contributed by atoms with Gasteiger partial charge in [0.2, 0.25) is 5.91 Å². The molecule has 7 heteroatoms. The van der Waals surface area contributed by atoms with Gasteiger partial charge in [-0.2, -0.15) is 0 Å². The Bertz CT molecular complexity index is 1200. The average Bonchev–Trinajstić information content (AvgIpc) is 3.10. The zero-order chi connectivity index (χ0) is 20.9. The van der Waals surface area contributed by atoms with E-state index in [4.69, 9.17) is 0 Å². The van der Waals surface area contributed by atoms with E-state index in [-0.39, 0.29) is 24.9 Å². The Kier molecular flexibility index (Phi) is 5.90. The van der Waals surface area contributed by atoms with Crippen molar-refractivity contribution in [2.24, 2.45) is 0 Å². The van der Waals surface area contributed by atoms with E-state index in [1.54, 1.807) is 12.1 Å². The highest BCUT2D eigenvalue weighted by atomic mass is 79.9. The van der Waals surface area contributed by atoms with E-state index >= 15 is 0 Å². The van der Waals surface area contributed by atoms with Gasteiger partial charge < -0.3 is 15.2 Å². The summed E-state index contributed by atoms with van der Waals surface area (Å²) in [7, 11) is 0. The lowest BCUT2D eigenvalue weighted by molar-refractivity contribution is -0.116. The average molecular weight is 463 g/mol. The van der Waals surface area contributed by atoms with E-state index in [9.17, 15) is 9.59 Å². The molecule has 0 spiro atoms. The Morgan fingerprint density at radius 2 is 1.70 bits per heavy atom. The summed E-state index contributed by atoms with van der Waals surface area (Å²) in [4.78, 5) is 29.7. The predicted octanol–water partition coefficient (Wildman–Crippen LogP) is 4.37. The van der Waals surface area contributed by atoms with Crippen LogP contribution in [0.3, 0.4) is 0 Å². The first-order valence-corrected chi connectivity index (χ1v) is 10.2. The Hall–Kier alpha value is -3.45. The molecule has 1 aromatic heterocycles. The fraction of sp³-hybridized carbons (Fsp3) is 0.0870. The second-order valence-corrected chi connectivity index (χ2v) is 7.63. The largest absolute Gasteiger partial charge is 0.345 e. The fourth-order valence-electron chi connectivity index (χ4n) is 3.20. The van der Waals surface area contributed by atoms with Crippen molar-refractivity contribution in [2.75, 3.05) is 5.32 Å². The second kappa shape index (κ2) is 8.92. The topological polar surface area (TPSA) is 76.0 Å². The second-order valence-electron chi connectivity index (χ2n) is 6.71. The van der Waals surface area contributed by atoms with Gasteiger partial charge >= 0.3 is 0 Å². The number of aromatic nitrogens is 2. The normalized spacial score (nSPS) is 10.7. The summed E-state index contributed by atoms with van der Waals surface area (Å²) in [6.07, 6.45) is 0. The maximum Gasteiger partial charge on any atom is 0.251 e. The van der Waals surface area contributed by atoms with Gasteiger partial charge in [-0.25, -0.2) is 4.98 Å². The van der Waals surface area contributed by atoms with Crippen LogP contribution in [0, 0.1) is 0 Å². The molecule has 6 nitrogen and oxygen atoms in total. The van der Waals surface area contributed by atoms with E-state index in [2.05, 4.69) is 31.5 Å². The molecule has 0 saturated heterocycles. The Balaban J connectivity index is 1.54. The number of hydrogen-bond acceptors (Lipinski definition) is 3. The number of nitrogens with zero attached hydrogens (tertiary/aromatic N) is 2. The molecule has 0 unspecified atom stereocenters. The van der Waals surface area contributed by atoms with Gasteiger partial charge in [-0.1, -0.05) is 52.3 Å². The molecule has 0 atom stereocenters. The van der Waals surface area contributed by atoms with Crippen LogP contribution in [0.1, 0.15) is 16.2 Å². The fourth-order valence-corrected chi connectivity index (χ4v) is 3.60. The minimum absolute atomic E-state index is 0.0869. The molecule has 2 N–H and O–H groups in total. The number of fused-ring (bicyclic) bond motifs is 1. The smallest absolute Gasteiger partial charge is 0.251 e.